The molecule has 0 spiro atoms. The summed E-state index contributed by atoms with van der Waals surface area (Å²) in [5.41, 5.74) is 8.06. The zero-order valence-corrected chi connectivity index (χ0v) is 22.0. The molecule has 0 aliphatic heterocycles. The van der Waals surface area contributed by atoms with Gasteiger partial charge in [-0.3, -0.25) is 14.4 Å². The van der Waals surface area contributed by atoms with Gasteiger partial charge >= 0.3 is 0 Å². The molecular formula is C26H37N7O3. The number of aromatic nitrogens is 2. The van der Waals surface area contributed by atoms with E-state index in [0.717, 1.165) is 5.56 Å². The lowest BCUT2D eigenvalue weighted by atomic mass is 10.1. The van der Waals surface area contributed by atoms with Crippen LogP contribution in [-0.4, -0.2) is 65.3 Å². The molecule has 36 heavy (non-hydrogen) atoms. The first-order chi connectivity index (χ1) is 17.0. The fraction of sp³-hybridized carbons (Fsp3) is 0.423. The van der Waals surface area contributed by atoms with Crippen LogP contribution in [0.4, 0.5) is 17.3 Å². The molecule has 0 radical (unpaired) electrons. The van der Waals surface area contributed by atoms with Gasteiger partial charge in [-0.15, -0.1) is 0 Å². The molecule has 2 aromatic rings. The molecule has 0 bridgehead atoms. The van der Waals surface area contributed by atoms with E-state index in [4.69, 9.17) is 10.7 Å². The summed E-state index contributed by atoms with van der Waals surface area (Å²) in [7, 11) is 3.49. The van der Waals surface area contributed by atoms with Gasteiger partial charge in [-0.2, -0.15) is 0 Å². The van der Waals surface area contributed by atoms with E-state index in [-0.39, 0.29) is 29.4 Å². The van der Waals surface area contributed by atoms with Gasteiger partial charge in [-0.1, -0.05) is 25.6 Å². The molecule has 10 heteroatoms. The number of hydrogen-bond acceptors (Lipinski definition) is 7. The molecule has 1 heterocycles. The van der Waals surface area contributed by atoms with Crippen LogP contribution in [0.5, 0.6) is 0 Å². The molecule has 0 aliphatic rings. The molecule has 2 rings (SSSR count). The summed E-state index contributed by atoms with van der Waals surface area (Å²) in [5.74, 6) is -0.249. The Morgan fingerprint density at radius 1 is 1.17 bits per heavy atom. The standard InChI is InChI=1S/C26H37N7O3/c1-8-20-25(32(6)16(3)4)31-24(22(30-20)23(27)35)29-19-12-10-11-18(15-19)13-14-28-26(36)17(5)33(7)21(34)9-2/h9-12,15-17H,2,8,13-14H2,1,3-7H3,(H2,27,35)(H,28,36)(H,29,31)/t17-/m0/s1. The Labute approximate surface area is 213 Å². The number of rotatable bonds is 12. The molecule has 10 nitrogen and oxygen atoms in total. The van der Waals surface area contributed by atoms with Crippen LogP contribution in [0.1, 0.15) is 49.4 Å². The number of benzene rings is 1. The monoisotopic (exact) mass is 495 g/mol. The van der Waals surface area contributed by atoms with E-state index in [2.05, 4.69) is 36.0 Å². The maximum absolute atomic E-state index is 12.4. The highest BCUT2D eigenvalue weighted by molar-refractivity contribution is 5.96. The quantitative estimate of drug-likeness (QED) is 0.385. The highest BCUT2D eigenvalue weighted by Gasteiger charge is 2.21. The predicted octanol–water partition coefficient (Wildman–Crippen LogP) is 2.42. The van der Waals surface area contributed by atoms with Crippen molar-refractivity contribution < 1.29 is 14.4 Å². The third-order valence-corrected chi connectivity index (χ3v) is 6.01. The first kappa shape index (κ1) is 28.3. The number of anilines is 3. The van der Waals surface area contributed by atoms with Gasteiger partial charge in [-0.25, -0.2) is 9.97 Å². The lowest BCUT2D eigenvalue weighted by Gasteiger charge is -2.25. The fourth-order valence-corrected chi connectivity index (χ4v) is 3.41. The Hall–Kier alpha value is -3.95. The van der Waals surface area contributed by atoms with Gasteiger partial charge in [0, 0.05) is 32.4 Å². The smallest absolute Gasteiger partial charge is 0.271 e. The number of carbonyl (C=O) groups is 3. The summed E-state index contributed by atoms with van der Waals surface area (Å²) < 4.78 is 0. The Bertz CT molecular complexity index is 1120. The number of primary amides is 1. The van der Waals surface area contributed by atoms with Crippen LogP contribution in [-0.2, 0) is 22.4 Å². The van der Waals surface area contributed by atoms with Gasteiger partial charge in [-0.05, 0) is 57.4 Å². The van der Waals surface area contributed by atoms with E-state index >= 15 is 0 Å². The molecule has 0 unspecified atom stereocenters. The van der Waals surface area contributed by atoms with Gasteiger partial charge in [0.05, 0.1) is 5.69 Å². The van der Waals surface area contributed by atoms with E-state index in [1.165, 1.54) is 11.0 Å². The van der Waals surface area contributed by atoms with Crippen LogP contribution >= 0.6 is 0 Å². The van der Waals surface area contributed by atoms with Crippen molar-refractivity contribution in [1.82, 2.24) is 20.2 Å². The Morgan fingerprint density at radius 3 is 2.44 bits per heavy atom. The second kappa shape index (κ2) is 12.7. The highest BCUT2D eigenvalue weighted by Crippen LogP contribution is 2.25. The van der Waals surface area contributed by atoms with Crippen LogP contribution in [0.25, 0.3) is 0 Å². The summed E-state index contributed by atoms with van der Waals surface area (Å²) in [6, 6.07) is 7.15. The third kappa shape index (κ3) is 7.03. The number of amides is 3. The summed E-state index contributed by atoms with van der Waals surface area (Å²) >= 11 is 0. The maximum Gasteiger partial charge on any atom is 0.271 e. The number of nitrogens with zero attached hydrogens (tertiary/aromatic N) is 4. The number of hydrogen-bond donors (Lipinski definition) is 3. The van der Waals surface area contributed by atoms with E-state index in [0.29, 0.717) is 36.6 Å². The van der Waals surface area contributed by atoms with Crippen LogP contribution < -0.4 is 21.3 Å². The maximum atomic E-state index is 12.4. The molecule has 1 aromatic carbocycles. The highest BCUT2D eigenvalue weighted by atomic mass is 16.2. The van der Waals surface area contributed by atoms with Gasteiger partial charge in [0.2, 0.25) is 11.8 Å². The van der Waals surface area contributed by atoms with Crippen molar-refractivity contribution in [2.75, 3.05) is 30.9 Å². The SMILES string of the molecule is C=CC(=O)N(C)[C@@H](C)C(=O)NCCc1cccc(Nc2nc(N(C)C(C)C)c(CC)nc2C(N)=O)c1. The molecular weight excluding hydrogens is 458 g/mol. The van der Waals surface area contributed by atoms with E-state index < -0.39 is 11.9 Å². The van der Waals surface area contributed by atoms with E-state index in [1.807, 2.05) is 43.1 Å². The van der Waals surface area contributed by atoms with Crippen molar-refractivity contribution in [3.05, 3.63) is 53.9 Å². The summed E-state index contributed by atoms with van der Waals surface area (Å²) in [6.45, 7) is 11.6. The Kier molecular flexibility index (Phi) is 9.95. The lowest BCUT2D eigenvalue weighted by molar-refractivity contribution is -0.135. The minimum atomic E-state index is -0.661. The number of nitrogens with two attached hydrogens (primary N) is 1. The molecule has 0 saturated carbocycles. The van der Waals surface area contributed by atoms with Crippen LogP contribution in [0, 0.1) is 0 Å². The summed E-state index contributed by atoms with van der Waals surface area (Å²) in [4.78, 5) is 48.8. The average Bonchev–Trinajstić information content (AvgIpc) is 2.86. The zero-order valence-electron chi connectivity index (χ0n) is 22.0. The largest absolute Gasteiger partial charge is 0.364 e. The van der Waals surface area contributed by atoms with Crippen LogP contribution in [0.15, 0.2) is 36.9 Å². The van der Waals surface area contributed by atoms with Crippen molar-refractivity contribution in [3.8, 4) is 0 Å². The van der Waals surface area contributed by atoms with Crippen molar-refractivity contribution in [1.29, 1.82) is 0 Å². The third-order valence-electron chi connectivity index (χ3n) is 6.01. The topological polar surface area (TPSA) is 134 Å². The molecule has 0 saturated heterocycles. The fourth-order valence-electron chi connectivity index (χ4n) is 3.41. The van der Waals surface area contributed by atoms with Gasteiger partial charge in [0.1, 0.15) is 6.04 Å². The Balaban J connectivity index is 2.18. The van der Waals surface area contributed by atoms with Crippen molar-refractivity contribution >= 4 is 35.0 Å². The van der Waals surface area contributed by atoms with Crippen molar-refractivity contribution in [2.45, 2.75) is 52.6 Å². The number of likely N-dealkylation sites (N-methyl/N-ethyl adjacent to an activating group) is 1. The van der Waals surface area contributed by atoms with Crippen molar-refractivity contribution in [3.63, 3.8) is 0 Å². The molecule has 0 aliphatic carbocycles. The lowest BCUT2D eigenvalue weighted by Crippen LogP contribution is -2.45. The molecule has 1 aromatic heterocycles. The predicted molar refractivity (Wildman–Crippen MR) is 142 cm³/mol. The van der Waals surface area contributed by atoms with Crippen LogP contribution in [0.2, 0.25) is 0 Å². The van der Waals surface area contributed by atoms with E-state index in [1.54, 1.807) is 14.0 Å². The summed E-state index contributed by atoms with van der Waals surface area (Å²) in [6.07, 6.45) is 2.35. The minimum Gasteiger partial charge on any atom is -0.364 e. The zero-order chi connectivity index (χ0) is 27.0. The molecule has 4 N–H and O–H groups in total. The van der Waals surface area contributed by atoms with Gasteiger partial charge in [0.25, 0.3) is 5.91 Å². The Morgan fingerprint density at radius 2 is 1.86 bits per heavy atom. The average molecular weight is 496 g/mol. The normalized spacial score (nSPS) is 11.5. The number of nitrogens with one attached hydrogen (secondary N) is 2. The van der Waals surface area contributed by atoms with Crippen LogP contribution in [0.3, 0.4) is 0 Å². The molecule has 1 atom stereocenters. The molecule has 194 valence electrons. The first-order valence-electron chi connectivity index (χ1n) is 12.0. The summed E-state index contributed by atoms with van der Waals surface area (Å²) in [5, 5.41) is 6.04. The number of carbonyl (C=O) groups excluding carboxylic acids is 3. The molecule has 0 fully saturated rings. The van der Waals surface area contributed by atoms with Gasteiger partial charge < -0.3 is 26.2 Å². The van der Waals surface area contributed by atoms with Crippen molar-refractivity contribution in [2.24, 2.45) is 5.73 Å². The van der Waals surface area contributed by atoms with E-state index in [9.17, 15) is 14.4 Å². The second-order valence-corrected chi connectivity index (χ2v) is 8.81. The first-order valence-corrected chi connectivity index (χ1v) is 12.0. The van der Waals surface area contributed by atoms with Gasteiger partial charge in [0.15, 0.2) is 17.3 Å². The number of aryl methyl sites for hydroxylation is 1. The molecule has 3 amide bonds. The second-order valence-electron chi connectivity index (χ2n) is 8.81. The minimum absolute atomic E-state index is 0.0811.